The van der Waals surface area contributed by atoms with Gasteiger partial charge in [-0.1, -0.05) is 42.1 Å². The Kier molecular flexibility index (Phi) is 6.15. The monoisotopic (exact) mass is 347 g/mol. The number of benzene rings is 1. The zero-order chi connectivity index (χ0) is 16.8. The van der Waals surface area contributed by atoms with Crippen molar-refractivity contribution in [2.24, 2.45) is 0 Å². The second-order valence-electron chi connectivity index (χ2n) is 6.45. The maximum absolute atomic E-state index is 12.1. The smallest absolute Gasteiger partial charge is 0.281 e. The molecule has 5 nitrogen and oxygen atoms in total. The predicted octanol–water partition coefficient (Wildman–Crippen LogP) is 2.33. The van der Waals surface area contributed by atoms with Gasteiger partial charge in [-0.2, -0.15) is 0 Å². The molecule has 0 aromatic heterocycles. The molecule has 2 amide bonds. The van der Waals surface area contributed by atoms with Gasteiger partial charge in [0.1, 0.15) is 0 Å². The zero-order valence-electron chi connectivity index (χ0n) is 13.9. The summed E-state index contributed by atoms with van der Waals surface area (Å²) in [4.78, 5) is 27.8. The fraction of sp³-hybridized carbons (Fsp3) is 0.556. The third-order valence-corrected chi connectivity index (χ3v) is 5.55. The number of piperidine rings is 1. The van der Waals surface area contributed by atoms with Crippen molar-refractivity contribution in [1.82, 2.24) is 15.1 Å². The van der Waals surface area contributed by atoms with Crippen LogP contribution < -0.4 is 5.32 Å². The van der Waals surface area contributed by atoms with Crippen molar-refractivity contribution in [2.75, 3.05) is 31.9 Å². The Hall–Kier alpha value is -1.53. The van der Waals surface area contributed by atoms with Crippen LogP contribution in [0, 0.1) is 0 Å². The summed E-state index contributed by atoms with van der Waals surface area (Å²) in [6.07, 6.45) is 2.41. The van der Waals surface area contributed by atoms with E-state index in [1.54, 1.807) is 4.90 Å². The van der Waals surface area contributed by atoms with Gasteiger partial charge in [0, 0.05) is 50.9 Å². The van der Waals surface area contributed by atoms with Gasteiger partial charge < -0.3 is 10.2 Å². The minimum absolute atomic E-state index is 0.0706. The van der Waals surface area contributed by atoms with Crippen molar-refractivity contribution in [1.29, 1.82) is 0 Å². The molecule has 1 N–H and O–H groups in total. The van der Waals surface area contributed by atoms with E-state index in [9.17, 15) is 9.59 Å². The number of likely N-dealkylation sites (tertiary alicyclic amines) is 1. The van der Waals surface area contributed by atoms with Crippen LogP contribution in [0.15, 0.2) is 30.3 Å². The molecule has 0 saturated carbocycles. The van der Waals surface area contributed by atoms with Crippen molar-refractivity contribution in [3.05, 3.63) is 35.9 Å². The lowest BCUT2D eigenvalue weighted by Crippen LogP contribution is -2.45. The summed E-state index contributed by atoms with van der Waals surface area (Å²) in [5, 5.41) is 3.24. The van der Waals surface area contributed by atoms with Gasteiger partial charge in [-0.15, -0.1) is 0 Å². The summed E-state index contributed by atoms with van der Waals surface area (Å²) in [6.45, 7) is 4.33. The molecule has 2 aliphatic rings. The summed E-state index contributed by atoms with van der Waals surface area (Å²) in [5.41, 5.74) is 1.34. The Morgan fingerprint density at radius 2 is 1.92 bits per heavy atom. The quantitative estimate of drug-likeness (QED) is 0.858. The Morgan fingerprint density at radius 3 is 2.58 bits per heavy atom. The first-order chi connectivity index (χ1) is 11.7. The highest BCUT2D eigenvalue weighted by molar-refractivity contribution is 8.13. The van der Waals surface area contributed by atoms with Gasteiger partial charge in [0.05, 0.1) is 0 Å². The maximum Gasteiger partial charge on any atom is 0.281 e. The molecule has 1 aromatic rings. The summed E-state index contributed by atoms with van der Waals surface area (Å²) in [5.74, 6) is 0.918. The first kappa shape index (κ1) is 17.3. The number of amides is 2. The van der Waals surface area contributed by atoms with E-state index in [4.69, 9.17) is 0 Å². The van der Waals surface area contributed by atoms with E-state index < -0.39 is 0 Å². The molecule has 0 aliphatic carbocycles. The molecule has 0 bridgehead atoms. The van der Waals surface area contributed by atoms with Crippen molar-refractivity contribution >= 4 is 22.9 Å². The average molecular weight is 347 g/mol. The molecule has 2 saturated heterocycles. The van der Waals surface area contributed by atoms with E-state index in [0.717, 1.165) is 44.8 Å². The number of nitrogens with one attached hydrogen (secondary N) is 1. The lowest BCUT2D eigenvalue weighted by Gasteiger charge is -2.32. The standard InChI is InChI=1S/C18H25N3O2S/c22-17(8-11-21-12-13-24-18(21)23)19-16-6-9-20(10-7-16)14-15-4-2-1-3-5-15/h1-5,16H,6-14H2,(H,19,22). The lowest BCUT2D eigenvalue weighted by molar-refractivity contribution is -0.122. The minimum Gasteiger partial charge on any atom is -0.353 e. The van der Waals surface area contributed by atoms with E-state index in [1.165, 1.54) is 17.3 Å². The van der Waals surface area contributed by atoms with E-state index in [-0.39, 0.29) is 17.2 Å². The van der Waals surface area contributed by atoms with Gasteiger partial charge >= 0.3 is 0 Å². The van der Waals surface area contributed by atoms with Crippen molar-refractivity contribution in [3.8, 4) is 0 Å². The molecular weight excluding hydrogens is 322 g/mol. The summed E-state index contributed by atoms with van der Waals surface area (Å²) >= 11 is 1.34. The molecule has 3 rings (SSSR count). The van der Waals surface area contributed by atoms with Crippen LogP contribution in [-0.2, 0) is 11.3 Å². The number of carbonyl (C=O) groups is 2. The first-order valence-corrected chi connectivity index (χ1v) is 9.66. The maximum atomic E-state index is 12.1. The predicted molar refractivity (Wildman–Crippen MR) is 96.9 cm³/mol. The van der Waals surface area contributed by atoms with Crippen LogP contribution in [0.5, 0.6) is 0 Å². The average Bonchev–Trinajstić information content (AvgIpc) is 3.01. The van der Waals surface area contributed by atoms with Gasteiger partial charge in [-0.3, -0.25) is 14.5 Å². The molecule has 24 heavy (non-hydrogen) atoms. The molecular formula is C18H25N3O2S. The molecule has 0 radical (unpaired) electrons. The second-order valence-corrected chi connectivity index (χ2v) is 7.50. The molecule has 0 spiro atoms. The molecule has 2 fully saturated rings. The number of rotatable bonds is 6. The summed E-state index contributed by atoms with van der Waals surface area (Å²) in [7, 11) is 0. The number of thioether (sulfide) groups is 1. The highest BCUT2D eigenvalue weighted by atomic mass is 32.2. The van der Waals surface area contributed by atoms with E-state index in [2.05, 4.69) is 34.5 Å². The van der Waals surface area contributed by atoms with E-state index in [0.29, 0.717) is 13.0 Å². The van der Waals surface area contributed by atoms with Crippen LogP contribution in [-0.4, -0.2) is 58.9 Å². The summed E-state index contributed by atoms with van der Waals surface area (Å²) in [6, 6.07) is 10.8. The SMILES string of the molecule is O=C(CCN1CCSC1=O)NC1CCN(Cc2ccccc2)CC1. The van der Waals surface area contributed by atoms with Gasteiger partial charge in [0.15, 0.2) is 0 Å². The molecule has 130 valence electrons. The van der Waals surface area contributed by atoms with Crippen molar-refractivity contribution in [2.45, 2.75) is 31.8 Å². The van der Waals surface area contributed by atoms with E-state index in [1.807, 2.05) is 6.07 Å². The van der Waals surface area contributed by atoms with Gasteiger partial charge in [0.2, 0.25) is 5.91 Å². The molecule has 2 heterocycles. The largest absolute Gasteiger partial charge is 0.353 e. The number of hydrogen-bond donors (Lipinski definition) is 1. The third kappa shape index (κ3) is 4.98. The fourth-order valence-electron chi connectivity index (χ4n) is 3.24. The van der Waals surface area contributed by atoms with E-state index >= 15 is 0 Å². The van der Waals surface area contributed by atoms with Crippen LogP contribution in [0.1, 0.15) is 24.8 Å². The molecule has 0 atom stereocenters. The highest BCUT2D eigenvalue weighted by Crippen LogP contribution is 2.17. The Labute approximate surface area is 147 Å². The Morgan fingerprint density at radius 1 is 1.17 bits per heavy atom. The molecule has 1 aromatic carbocycles. The van der Waals surface area contributed by atoms with Gasteiger partial charge in [-0.05, 0) is 18.4 Å². The van der Waals surface area contributed by atoms with Crippen LogP contribution in [0.2, 0.25) is 0 Å². The highest BCUT2D eigenvalue weighted by Gasteiger charge is 2.23. The van der Waals surface area contributed by atoms with Crippen molar-refractivity contribution < 1.29 is 9.59 Å². The second kappa shape index (κ2) is 8.53. The number of hydrogen-bond acceptors (Lipinski definition) is 4. The van der Waals surface area contributed by atoms with Crippen molar-refractivity contribution in [3.63, 3.8) is 0 Å². The summed E-state index contributed by atoms with van der Waals surface area (Å²) < 4.78 is 0. The van der Waals surface area contributed by atoms with Crippen LogP contribution >= 0.6 is 11.8 Å². The third-order valence-electron chi connectivity index (χ3n) is 4.66. The first-order valence-electron chi connectivity index (χ1n) is 8.68. The normalized spacial score (nSPS) is 19.7. The van der Waals surface area contributed by atoms with Gasteiger partial charge in [0.25, 0.3) is 5.24 Å². The minimum atomic E-state index is 0.0706. The zero-order valence-corrected chi connectivity index (χ0v) is 14.8. The Balaban J connectivity index is 1.34. The Bertz CT molecular complexity index is 559. The number of carbonyl (C=O) groups excluding carboxylic acids is 2. The molecule has 2 aliphatic heterocycles. The fourth-order valence-corrected chi connectivity index (χ4v) is 4.09. The van der Waals surface area contributed by atoms with Crippen LogP contribution in [0.4, 0.5) is 4.79 Å². The van der Waals surface area contributed by atoms with Crippen LogP contribution in [0.3, 0.4) is 0 Å². The number of nitrogens with zero attached hydrogens (tertiary/aromatic N) is 2. The molecule has 0 unspecified atom stereocenters. The van der Waals surface area contributed by atoms with Gasteiger partial charge in [-0.25, -0.2) is 0 Å². The topological polar surface area (TPSA) is 52.7 Å². The van der Waals surface area contributed by atoms with Crippen LogP contribution in [0.25, 0.3) is 0 Å². The lowest BCUT2D eigenvalue weighted by atomic mass is 10.0. The molecule has 6 heteroatoms.